The van der Waals surface area contributed by atoms with E-state index in [1.807, 2.05) is 25.7 Å². The molecule has 0 radical (unpaired) electrons. The van der Waals surface area contributed by atoms with Gasteiger partial charge in [-0.1, -0.05) is 52.9 Å². The molecule has 4 heteroatoms. The lowest BCUT2D eigenvalue weighted by Gasteiger charge is -2.36. The highest BCUT2D eigenvalue weighted by molar-refractivity contribution is 5.84. The van der Waals surface area contributed by atoms with Gasteiger partial charge in [0.25, 0.3) is 0 Å². The summed E-state index contributed by atoms with van der Waals surface area (Å²) in [6.45, 7) is 7.24. The number of rotatable bonds is 2. The van der Waals surface area contributed by atoms with Crippen LogP contribution in [0.2, 0.25) is 0 Å². The third kappa shape index (κ3) is 5.50. The molecule has 0 aromatic rings. The van der Waals surface area contributed by atoms with Gasteiger partial charge in [-0.3, -0.25) is 9.59 Å². The summed E-state index contributed by atoms with van der Waals surface area (Å²) in [7, 11) is 0. The molecule has 2 fully saturated rings. The van der Waals surface area contributed by atoms with E-state index in [-0.39, 0.29) is 23.1 Å². The van der Waals surface area contributed by atoms with Crippen molar-refractivity contribution in [2.24, 2.45) is 11.3 Å². The Bertz CT molecular complexity index is 406. The number of likely N-dealkylation sites (tertiary alicyclic amines) is 1. The molecular formula is C19H34N2O2. The van der Waals surface area contributed by atoms with Crippen molar-refractivity contribution >= 4 is 11.8 Å². The van der Waals surface area contributed by atoms with Crippen molar-refractivity contribution < 1.29 is 9.59 Å². The van der Waals surface area contributed by atoms with Gasteiger partial charge in [0.1, 0.15) is 0 Å². The van der Waals surface area contributed by atoms with Gasteiger partial charge in [0, 0.05) is 24.5 Å². The molecule has 1 unspecified atom stereocenters. The summed E-state index contributed by atoms with van der Waals surface area (Å²) in [5, 5.41) is 3.28. The first-order valence-electron chi connectivity index (χ1n) is 9.47. The van der Waals surface area contributed by atoms with Gasteiger partial charge in [-0.05, 0) is 25.7 Å². The lowest BCUT2D eigenvalue weighted by molar-refractivity contribution is -0.142. The van der Waals surface area contributed by atoms with Crippen molar-refractivity contribution in [3.8, 4) is 0 Å². The molecular weight excluding hydrogens is 288 g/mol. The van der Waals surface area contributed by atoms with Gasteiger partial charge in [0.05, 0.1) is 5.92 Å². The third-order valence-electron chi connectivity index (χ3n) is 5.17. The molecule has 0 bridgehead atoms. The van der Waals surface area contributed by atoms with Gasteiger partial charge >= 0.3 is 0 Å². The standard InChI is InChI=1S/C19H34N2O2/c1-19(2,3)18(23)21-13-9-10-15(14-21)17(22)20-16-11-7-5-4-6-8-12-16/h15-16H,4-14H2,1-3H3,(H,20,22). The summed E-state index contributed by atoms with van der Waals surface area (Å²) < 4.78 is 0. The average molecular weight is 322 g/mol. The van der Waals surface area contributed by atoms with E-state index in [1.165, 1.54) is 32.1 Å². The average Bonchev–Trinajstić information content (AvgIpc) is 2.48. The van der Waals surface area contributed by atoms with Crippen LogP contribution in [0.15, 0.2) is 0 Å². The third-order valence-corrected chi connectivity index (χ3v) is 5.17. The minimum Gasteiger partial charge on any atom is -0.353 e. The van der Waals surface area contributed by atoms with Crippen molar-refractivity contribution in [1.82, 2.24) is 10.2 Å². The van der Waals surface area contributed by atoms with Crippen LogP contribution >= 0.6 is 0 Å². The number of hydrogen-bond donors (Lipinski definition) is 1. The summed E-state index contributed by atoms with van der Waals surface area (Å²) in [4.78, 5) is 27.0. The summed E-state index contributed by atoms with van der Waals surface area (Å²) in [5.41, 5.74) is -0.363. The number of nitrogens with zero attached hydrogens (tertiary/aromatic N) is 1. The SMILES string of the molecule is CC(C)(C)C(=O)N1CCCC(C(=O)NC2CCCCCCC2)C1. The fourth-order valence-corrected chi connectivity index (χ4v) is 3.77. The van der Waals surface area contributed by atoms with Crippen LogP contribution in [0.1, 0.15) is 78.6 Å². The first-order valence-corrected chi connectivity index (χ1v) is 9.47. The molecule has 0 aromatic heterocycles. The molecule has 1 N–H and O–H groups in total. The molecule has 1 atom stereocenters. The van der Waals surface area contributed by atoms with Gasteiger partial charge < -0.3 is 10.2 Å². The minimum atomic E-state index is -0.363. The maximum atomic E-state index is 12.6. The number of nitrogens with one attached hydrogen (secondary N) is 1. The lowest BCUT2D eigenvalue weighted by Crippen LogP contribution is -2.50. The van der Waals surface area contributed by atoms with Gasteiger partial charge in [-0.2, -0.15) is 0 Å². The van der Waals surface area contributed by atoms with Crippen LogP contribution in [-0.4, -0.2) is 35.8 Å². The van der Waals surface area contributed by atoms with Crippen molar-refractivity contribution in [3.63, 3.8) is 0 Å². The molecule has 2 aliphatic rings. The summed E-state index contributed by atoms with van der Waals surface area (Å²) >= 11 is 0. The number of carbonyl (C=O) groups is 2. The Balaban J connectivity index is 1.87. The number of hydrogen-bond acceptors (Lipinski definition) is 2. The summed E-state index contributed by atoms with van der Waals surface area (Å²) in [6, 6.07) is 0.344. The quantitative estimate of drug-likeness (QED) is 0.846. The van der Waals surface area contributed by atoms with Crippen molar-refractivity contribution in [2.75, 3.05) is 13.1 Å². The molecule has 1 heterocycles. The zero-order chi connectivity index (χ0) is 16.9. The van der Waals surface area contributed by atoms with E-state index in [9.17, 15) is 9.59 Å². The van der Waals surface area contributed by atoms with E-state index in [2.05, 4.69) is 5.32 Å². The molecule has 2 rings (SSSR count). The molecule has 0 aromatic carbocycles. The highest BCUT2D eigenvalue weighted by atomic mass is 16.2. The molecule has 0 spiro atoms. The Hall–Kier alpha value is -1.06. The monoisotopic (exact) mass is 322 g/mol. The van der Waals surface area contributed by atoms with Gasteiger partial charge in [-0.25, -0.2) is 0 Å². The number of piperidine rings is 1. The molecule has 2 amide bonds. The van der Waals surface area contributed by atoms with E-state index in [0.717, 1.165) is 32.2 Å². The van der Waals surface area contributed by atoms with E-state index < -0.39 is 0 Å². The zero-order valence-corrected chi connectivity index (χ0v) is 15.2. The molecule has 23 heavy (non-hydrogen) atoms. The van der Waals surface area contributed by atoms with Gasteiger partial charge in [0.2, 0.25) is 11.8 Å². The number of carbonyl (C=O) groups excluding carboxylic acids is 2. The lowest BCUT2D eigenvalue weighted by atomic mass is 9.90. The predicted octanol–water partition coefficient (Wildman–Crippen LogP) is 3.50. The van der Waals surface area contributed by atoms with Crippen LogP contribution < -0.4 is 5.32 Å². The number of amides is 2. The van der Waals surface area contributed by atoms with Crippen LogP contribution in [0.25, 0.3) is 0 Å². The maximum absolute atomic E-state index is 12.6. The van der Waals surface area contributed by atoms with Crippen LogP contribution in [-0.2, 0) is 9.59 Å². The summed E-state index contributed by atoms with van der Waals surface area (Å²) in [5.74, 6) is 0.309. The second kappa shape index (κ2) is 8.16. The van der Waals surface area contributed by atoms with Gasteiger partial charge in [-0.15, -0.1) is 0 Å². The molecule has 1 aliphatic heterocycles. The Kier molecular flexibility index (Phi) is 6.49. The fourth-order valence-electron chi connectivity index (χ4n) is 3.77. The minimum absolute atomic E-state index is 0.0273. The van der Waals surface area contributed by atoms with E-state index in [1.54, 1.807) is 0 Å². The fraction of sp³-hybridized carbons (Fsp3) is 0.895. The smallest absolute Gasteiger partial charge is 0.227 e. The molecule has 4 nitrogen and oxygen atoms in total. The first kappa shape index (κ1) is 18.3. The van der Waals surface area contributed by atoms with E-state index >= 15 is 0 Å². The van der Waals surface area contributed by atoms with Crippen LogP contribution in [0.4, 0.5) is 0 Å². The Morgan fingerprint density at radius 3 is 2.13 bits per heavy atom. The van der Waals surface area contributed by atoms with Crippen LogP contribution in [0, 0.1) is 11.3 Å². The molecule has 1 saturated carbocycles. The Morgan fingerprint density at radius 1 is 0.913 bits per heavy atom. The van der Waals surface area contributed by atoms with E-state index in [4.69, 9.17) is 0 Å². The van der Waals surface area contributed by atoms with Crippen LogP contribution in [0.3, 0.4) is 0 Å². The first-order chi connectivity index (χ1) is 10.9. The highest BCUT2D eigenvalue weighted by Crippen LogP contribution is 2.24. The molecule has 132 valence electrons. The molecule has 1 saturated heterocycles. The molecule has 1 aliphatic carbocycles. The maximum Gasteiger partial charge on any atom is 0.227 e. The van der Waals surface area contributed by atoms with Gasteiger partial charge in [0.15, 0.2) is 0 Å². The van der Waals surface area contributed by atoms with E-state index in [0.29, 0.717) is 12.6 Å². The zero-order valence-electron chi connectivity index (χ0n) is 15.2. The van der Waals surface area contributed by atoms with Crippen molar-refractivity contribution in [2.45, 2.75) is 84.6 Å². The second-order valence-electron chi connectivity index (χ2n) is 8.39. The second-order valence-corrected chi connectivity index (χ2v) is 8.39. The largest absolute Gasteiger partial charge is 0.353 e. The normalized spacial score (nSPS) is 24.7. The highest BCUT2D eigenvalue weighted by Gasteiger charge is 2.33. The Labute approximate surface area is 141 Å². The van der Waals surface area contributed by atoms with Crippen LogP contribution in [0.5, 0.6) is 0 Å². The van der Waals surface area contributed by atoms with Crippen molar-refractivity contribution in [3.05, 3.63) is 0 Å². The van der Waals surface area contributed by atoms with Crippen molar-refractivity contribution in [1.29, 1.82) is 0 Å². The topological polar surface area (TPSA) is 49.4 Å². The summed E-state index contributed by atoms with van der Waals surface area (Å²) in [6.07, 6.45) is 10.5. The predicted molar refractivity (Wildman–Crippen MR) is 93.0 cm³/mol. The Morgan fingerprint density at radius 2 is 1.52 bits per heavy atom.